The van der Waals surface area contributed by atoms with Crippen LogP contribution in [0.3, 0.4) is 0 Å². The van der Waals surface area contributed by atoms with Gasteiger partial charge in [-0.05, 0) is 30.5 Å². The molecule has 1 unspecified atom stereocenters. The maximum atomic E-state index is 10.6. The molecule has 0 saturated carbocycles. The SMILES string of the molecule is Cc1cccc(C(O)S(=O)(=O)[O-])c1C.[Na+]. The number of rotatable bonds is 2. The Bertz CT molecular complexity index is 441. The number of benzene rings is 1. The summed E-state index contributed by atoms with van der Waals surface area (Å²) < 4.78 is 31.8. The van der Waals surface area contributed by atoms with E-state index in [2.05, 4.69) is 0 Å². The van der Waals surface area contributed by atoms with Crippen LogP contribution in [0.2, 0.25) is 0 Å². The fraction of sp³-hybridized carbons (Fsp3) is 0.333. The van der Waals surface area contributed by atoms with Crippen LogP contribution in [0.25, 0.3) is 0 Å². The van der Waals surface area contributed by atoms with Gasteiger partial charge in [0, 0.05) is 0 Å². The van der Waals surface area contributed by atoms with Crippen LogP contribution in [-0.4, -0.2) is 18.1 Å². The summed E-state index contributed by atoms with van der Waals surface area (Å²) in [5.41, 5.74) is -0.355. The zero-order valence-electron chi connectivity index (χ0n) is 8.89. The van der Waals surface area contributed by atoms with Crippen molar-refractivity contribution in [2.75, 3.05) is 0 Å². The van der Waals surface area contributed by atoms with Crippen LogP contribution in [0, 0.1) is 13.8 Å². The van der Waals surface area contributed by atoms with E-state index in [4.69, 9.17) is 0 Å². The minimum absolute atomic E-state index is 0. The number of aliphatic hydroxyl groups is 1. The number of aryl methyl sites for hydroxylation is 1. The van der Waals surface area contributed by atoms with Gasteiger partial charge in [-0.15, -0.1) is 0 Å². The summed E-state index contributed by atoms with van der Waals surface area (Å²) in [7, 11) is -4.69. The Morgan fingerprint density at radius 1 is 1.33 bits per heavy atom. The zero-order valence-corrected chi connectivity index (χ0v) is 11.7. The first kappa shape index (κ1) is 15.1. The molecule has 1 rings (SSSR count). The molecule has 78 valence electrons. The Morgan fingerprint density at radius 2 is 1.87 bits per heavy atom. The van der Waals surface area contributed by atoms with Crippen LogP contribution in [0.1, 0.15) is 22.1 Å². The molecule has 0 fully saturated rings. The van der Waals surface area contributed by atoms with Crippen LogP contribution in [0.5, 0.6) is 0 Å². The van der Waals surface area contributed by atoms with Crippen molar-refractivity contribution >= 4 is 10.1 Å². The van der Waals surface area contributed by atoms with E-state index < -0.39 is 15.6 Å². The molecule has 0 saturated heterocycles. The van der Waals surface area contributed by atoms with Gasteiger partial charge in [-0.1, -0.05) is 18.2 Å². The molecule has 0 radical (unpaired) electrons. The average Bonchev–Trinajstić information content (AvgIpc) is 2.07. The van der Waals surface area contributed by atoms with E-state index >= 15 is 0 Å². The van der Waals surface area contributed by atoms with Crippen molar-refractivity contribution in [3.8, 4) is 0 Å². The van der Waals surface area contributed by atoms with Crippen molar-refractivity contribution in [3.63, 3.8) is 0 Å². The Kier molecular flexibility index (Phi) is 5.46. The van der Waals surface area contributed by atoms with Gasteiger partial charge in [-0.3, -0.25) is 0 Å². The molecule has 1 atom stereocenters. The van der Waals surface area contributed by atoms with Gasteiger partial charge in [-0.2, -0.15) is 0 Å². The minimum Gasteiger partial charge on any atom is -0.746 e. The van der Waals surface area contributed by atoms with Crippen LogP contribution < -0.4 is 29.6 Å². The minimum atomic E-state index is -4.69. The number of hydrogen-bond donors (Lipinski definition) is 1. The van der Waals surface area contributed by atoms with Crippen molar-refractivity contribution in [3.05, 3.63) is 34.9 Å². The molecular weight excluding hydrogens is 227 g/mol. The second kappa shape index (κ2) is 5.43. The van der Waals surface area contributed by atoms with Gasteiger partial charge >= 0.3 is 29.6 Å². The van der Waals surface area contributed by atoms with E-state index in [9.17, 15) is 18.1 Å². The van der Waals surface area contributed by atoms with E-state index in [-0.39, 0.29) is 35.1 Å². The topological polar surface area (TPSA) is 77.4 Å². The van der Waals surface area contributed by atoms with Gasteiger partial charge in [0.05, 0.1) is 0 Å². The Hall–Kier alpha value is 0.0900. The van der Waals surface area contributed by atoms with Gasteiger partial charge in [0.15, 0.2) is 5.44 Å². The Morgan fingerprint density at radius 3 is 2.33 bits per heavy atom. The average molecular weight is 238 g/mol. The Labute approximate surface area is 111 Å². The normalized spacial score (nSPS) is 13.1. The molecule has 0 aromatic heterocycles. The van der Waals surface area contributed by atoms with Crippen molar-refractivity contribution in [2.45, 2.75) is 19.3 Å². The molecule has 15 heavy (non-hydrogen) atoms. The van der Waals surface area contributed by atoms with E-state index in [0.29, 0.717) is 5.56 Å². The van der Waals surface area contributed by atoms with E-state index in [1.54, 1.807) is 26.0 Å². The second-order valence-corrected chi connectivity index (χ2v) is 4.57. The third-order valence-corrected chi connectivity index (χ3v) is 2.99. The van der Waals surface area contributed by atoms with Crippen LogP contribution in [0.15, 0.2) is 18.2 Å². The molecule has 0 aliphatic rings. The van der Waals surface area contributed by atoms with Crippen LogP contribution in [0.4, 0.5) is 0 Å². The fourth-order valence-electron chi connectivity index (χ4n) is 1.20. The maximum absolute atomic E-state index is 10.6. The van der Waals surface area contributed by atoms with Gasteiger partial charge in [0.25, 0.3) is 0 Å². The largest absolute Gasteiger partial charge is 1.00 e. The van der Waals surface area contributed by atoms with Gasteiger partial charge < -0.3 is 9.66 Å². The monoisotopic (exact) mass is 238 g/mol. The molecule has 1 aromatic rings. The summed E-state index contributed by atoms with van der Waals surface area (Å²) in [6.07, 6.45) is 0. The molecular formula is C9H11NaO4S. The summed E-state index contributed by atoms with van der Waals surface area (Å²) in [5.74, 6) is 0. The van der Waals surface area contributed by atoms with Crippen LogP contribution in [-0.2, 0) is 10.1 Å². The quantitative estimate of drug-likeness (QED) is 0.470. The molecule has 6 heteroatoms. The fourth-order valence-corrected chi connectivity index (χ4v) is 1.76. The Balaban J connectivity index is 0.00000196. The smallest absolute Gasteiger partial charge is 0.746 e. The molecule has 1 aromatic carbocycles. The van der Waals surface area contributed by atoms with Gasteiger partial charge in [0.1, 0.15) is 10.1 Å². The summed E-state index contributed by atoms with van der Waals surface area (Å²) in [4.78, 5) is 0. The first-order chi connectivity index (χ1) is 6.34. The molecule has 4 nitrogen and oxygen atoms in total. The van der Waals surface area contributed by atoms with Crippen molar-refractivity contribution in [1.29, 1.82) is 0 Å². The second-order valence-electron chi connectivity index (χ2n) is 3.13. The standard InChI is InChI=1S/C9H12O4S.Na/c1-6-4-3-5-8(7(6)2)9(10)14(11,12)13;/h3-5,9-10H,1-2H3,(H,11,12,13);/q;+1/p-1. The van der Waals surface area contributed by atoms with Crippen LogP contribution >= 0.6 is 0 Å². The first-order valence-electron chi connectivity index (χ1n) is 4.03. The predicted molar refractivity (Wildman–Crippen MR) is 50.6 cm³/mol. The third-order valence-electron chi connectivity index (χ3n) is 2.19. The molecule has 0 aliphatic heterocycles. The van der Waals surface area contributed by atoms with Crippen molar-refractivity contribution in [2.24, 2.45) is 0 Å². The van der Waals surface area contributed by atoms with E-state index in [1.807, 2.05) is 0 Å². The first-order valence-corrected chi connectivity index (χ1v) is 5.50. The van der Waals surface area contributed by atoms with Crippen molar-refractivity contribution in [1.82, 2.24) is 0 Å². The van der Waals surface area contributed by atoms with Gasteiger partial charge in [-0.25, -0.2) is 8.42 Å². The number of aliphatic hydroxyl groups excluding tert-OH is 1. The predicted octanol–water partition coefficient (Wildman–Crippen LogP) is -2.16. The van der Waals surface area contributed by atoms with Crippen molar-refractivity contribution < 1.29 is 47.6 Å². The maximum Gasteiger partial charge on any atom is 1.00 e. The number of hydrogen-bond acceptors (Lipinski definition) is 4. The van der Waals surface area contributed by atoms with E-state index in [1.165, 1.54) is 6.07 Å². The summed E-state index contributed by atoms with van der Waals surface area (Å²) in [5, 5.41) is 9.26. The molecule has 0 spiro atoms. The summed E-state index contributed by atoms with van der Waals surface area (Å²) in [6, 6.07) is 4.82. The molecule has 0 aliphatic carbocycles. The zero-order chi connectivity index (χ0) is 10.9. The van der Waals surface area contributed by atoms with Gasteiger partial charge in [0.2, 0.25) is 0 Å². The van der Waals surface area contributed by atoms with E-state index in [0.717, 1.165) is 5.56 Å². The molecule has 0 heterocycles. The molecule has 0 bridgehead atoms. The summed E-state index contributed by atoms with van der Waals surface area (Å²) in [6.45, 7) is 3.45. The molecule has 1 N–H and O–H groups in total. The third kappa shape index (κ3) is 3.55. The summed E-state index contributed by atoms with van der Waals surface area (Å²) >= 11 is 0. The molecule has 0 amide bonds.